The molecule has 1 amide bonds. The third-order valence-electron chi connectivity index (χ3n) is 5.23. The van der Waals surface area contributed by atoms with Crippen molar-refractivity contribution in [1.82, 2.24) is 15.4 Å². The summed E-state index contributed by atoms with van der Waals surface area (Å²) in [5.74, 6) is 1.87. The van der Waals surface area contributed by atoms with Gasteiger partial charge in [0.1, 0.15) is 5.76 Å². The zero-order valence-electron chi connectivity index (χ0n) is 13.7. The molecule has 0 unspecified atom stereocenters. The molecule has 2 saturated heterocycles. The summed E-state index contributed by atoms with van der Waals surface area (Å²) >= 11 is 0. The van der Waals surface area contributed by atoms with Crippen LogP contribution in [0, 0.1) is 18.8 Å². The third-order valence-corrected chi connectivity index (χ3v) is 5.23. The number of hydrogen-bond acceptors (Lipinski definition) is 5. The summed E-state index contributed by atoms with van der Waals surface area (Å²) in [5, 5.41) is 7.12. The number of nitrogens with zero attached hydrogens (tertiary/aromatic N) is 2. The number of carbonyl (C=O) groups is 1. The summed E-state index contributed by atoms with van der Waals surface area (Å²) in [6.07, 6.45) is 4.36. The van der Waals surface area contributed by atoms with Crippen molar-refractivity contribution in [2.75, 3.05) is 26.2 Å². The van der Waals surface area contributed by atoms with E-state index in [2.05, 4.69) is 15.4 Å². The Bertz CT molecular complexity index is 565. The highest BCUT2D eigenvalue weighted by atomic mass is 16.5. The minimum atomic E-state index is 0.0375. The van der Waals surface area contributed by atoms with E-state index in [4.69, 9.17) is 9.26 Å². The molecule has 1 atom stereocenters. The summed E-state index contributed by atoms with van der Waals surface area (Å²) < 4.78 is 11.3. The van der Waals surface area contributed by atoms with E-state index in [1.165, 1.54) is 0 Å². The van der Waals surface area contributed by atoms with Gasteiger partial charge in [0.25, 0.3) is 0 Å². The number of hydrogen-bond donors (Lipinski definition) is 1. The van der Waals surface area contributed by atoms with Gasteiger partial charge < -0.3 is 14.6 Å². The Morgan fingerprint density at radius 2 is 2.26 bits per heavy atom. The molecule has 126 valence electrons. The van der Waals surface area contributed by atoms with Gasteiger partial charge in [-0.2, -0.15) is 0 Å². The fraction of sp³-hybridized carbons (Fsp3) is 0.765. The molecule has 1 spiro atoms. The number of amides is 1. The van der Waals surface area contributed by atoms with Crippen LogP contribution < -0.4 is 5.32 Å². The molecule has 23 heavy (non-hydrogen) atoms. The van der Waals surface area contributed by atoms with Crippen LogP contribution >= 0.6 is 0 Å². The van der Waals surface area contributed by atoms with Crippen molar-refractivity contribution in [2.45, 2.75) is 44.8 Å². The Morgan fingerprint density at radius 3 is 2.87 bits per heavy atom. The molecule has 4 rings (SSSR count). The van der Waals surface area contributed by atoms with Crippen molar-refractivity contribution in [3.05, 3.63) is 17.5 Å². The fourth-order valence-corrected chi connectivity index (χ4v) is 3.66. The lowest BCUT2D eigenvalue weighted by Crippen LogP contribution is -2.64. The number of likely N-dealkylation sites (tertiary alicyclic amines) is 1. The molecule has 3 fully saturated rings. The number of rotatable bonds is 5. The maximum Gasteiger partial charge on any atom is 0.223 e. The lowest BCUT2D eigenvalue weighted by molar-refractivity contribution is -0.181. The minimum Gasteiger partial charge on any atom is -0.372 e. The van der Waals surface area contributed by atoms with Crippen LogP contribution in [0.15, 0.2) is 10.6 Å². The molecule has 6 heteroatoms. The highest BCUT2D eigenvalue weighted by molar-refractivity contribution is 5.80. The van der Waals surface area contributed by atoms with E-state index in [1.807, 2.05) is 13.0 Å². The van der Waals surface area contributed by atoms with Crippen molar-refractivity contribution in [3.8, 4) is 0 Å². The Labute approximate surface area is 136 Å². The first kappa shape index (κ1) is 15.1. The maximum atomic E-state index is 11.7. The number of aryl methyl sites for hydroxylation is 1. The Balaban J connectivity index is 1.18. The van der Waals surface area contributed by atoms with Crippen molar-refractivity contribution in [1.29, 1.82) is 0 Å². The maximum absolute atomic E-state index is 11.7. The second-order valence-corrected chi connectivity index (χ2v) is 7.49. The van der Waals surface area contributed by atoms with Crippen LogP contribution in [0.3, 0.4) is 0 Å². The fourth-order valence-electron chi connectivity index (χ4n) is 3.66. The SMILES string of the molecule is Cc1cc(CN2CC3(CC[C@@H](CNC(=O)C4CC4)CO3)C2)no1. The molecule has 1 saturated carbocycles. The Morgan fingerprint density at radius 1 is 1.43 bits per heavy atom. The molecular weight excluding hydrogens is 294 g/mol. The van der Waals surface area contributed by atoms with Crippen LogP contribution in [0.2, 0.25) is 0 Å². The highest BCUT2D eigenvalue weighted by Crippen LogP contribution is 2.36. The summed E-state index contributed by atoms with van der Waals surface area (Å²) in [5.41, 5.74) is 1.03. The third kappa shape index (κ3) is 3.43. The van der Waals surface area contributed by atoms with Crippen molar-refractivity contribution < 1.29 is 14.1 Å². The van der Waals surface area contributed by atoms with Gasteiger partial charge in [-0.1, -0.05) is 5.16 Å². The standard InChI is InChI=1S/C17H25N3O3/c1-12-6-15(19-23-12)8-20-10-17(11-20)5-4-13(9-22-17)7-18-16(21)14-2-3-14/h6,13-14H,2-5,7-11H2,1H3,(H,18,21)/t13-/m0/s1. The summed E-state index contributed by atoms with van der Waals surface area (Å²) in [7, 11) is 0. The van der Waals surface area contributed by atoms with Gasteiger partial charge in [0.05, 0.1) is 17.9 Å². The monoisotopic (exact) mass is 319 g/mol. The van der Waals surface area contributed by atoms with Crippen LogP contribution in [-0.4, -0.2) is 47.8 Å². The first-order valence-electron chi connectivity index (χ1n) is 8.68. The van der Waals surface area contributed by atoms with E-state index < -0.39 is 0 Å². The Kier molecular flexibility index (Phi) is 3.89. The van der Waals surface area contributed by atoms with Gasteiger partial charge in [0.15, 0.2) is 0 Å². The first-order valence-corrected chi connectivity index (χ1v) is 8.68. The predicted octanol–water partition coefficient (Wildman–Crippen LogP) is 1.49. The van der Waals surface area contributed by atoms with Gasteiger partial charge in [-0.3, -0.25) is 9.69 Å². The van der Waals surface area contributed by atoms with Crippen molar-refractivity contribution in [2.24, 2.45) is 11.8 Å². The molecule has 3 heterocycles. The Hall–Kier alpha value is -1.40. The van der Waals surface area contributed by atoms with E-state index in [9.17, 15) is 4.79 Å². The van der Waals surface area contributed by atoms with Crippen LogP contribution in [-0.2, 0) is 16.1 Å². The van der Waals surface area contributed by atoms with Gasteiger partial charge in [-0.25, -0.2) is 0 Å². The van der Waals surface area contributed by atoms with Crippen LogP contribution in [0.1, 0.15) is 37.1 Å². The minimum absolute atomic E-state index is 0.0375. The van der Waals surface area contributed by atoms with Gasteiger partial charge in [0.2, 0.25) is 5.91 Å². The van der Waals surface area contributed by atoms with Crippen LogP contribution in [0.5, 0.6) is 0 Å². The van der Waals surface area contributed by atoms with E-state index in [1.54, 1.807) is 0 Å². The lowest BCUT2D eigenvalue weighted by Gasteiger charge is -2.52. The largest absolute Gasteiger partial charge is 0.372 e. The van der Waals surface area contributed by atoms with Gasteiger partial charge >= 0.3 is 0 Å². The first-order chi connectivity index (χ1) is 11.1. The average molecular weight is 319 g/mol. The van der Waals surface area contributed by atoms with Gasteiger partial charge in [-0.05, 0) is 38.5 Å². The van der Waals surface area contributed by atoms with Gasteiger partial charge in [0, 0.05) is 38.2 Å². The molecule has 3 aliphatic rings. The molecule has 0 aromatic carbocycles. The number of nitrogens with one attached hydrogen (secondary N) is 1. The highest BCUT2D eigenvalue weighted by Gasteiger charge is 2.46. The topological polar surface area (TPSA) is 67.6 Å². The number of ether oxygens (including phenoxy) is 1. The predicted molar refractivity (Wildman–Crippen MR) is 83.7 cm³/mol. The molecule has 1 aromatic heterocycles. The van der Waals surface area contributed by atoms with E-state index in [0.717, 1.165) is 69.9 Å². The molecule has 1 N–H and O–H groups in total. The summed E-state index contributed by atoms with van der Waals surface area (Å²) in [6.45, 7) is 6.24. The lowest BCUT2D eigenvalue weighted by atomic mass is 9.83. The quantitative estimate of drug-likeness (QED) is 0.890. The molecule has 1 aliphatic carbocycles. The van der Waals surface area contributed by atoms with Crippen molar-refractivity contribution in [3.63, 3.8) is 0 Å². The second kappa shape index (κ2) is 5.91. The zero-order valence-corrected chi connectivity index (χ0v) is 13.7. The van der Waals surface area contributed by atoms with E-state index in [0.29, 0.717) is 11.8 Å². The zero-order chi connectivity index (χ0) is 15.9. The molecule has 6 nitrogen and oxygen atoms in total. The van der Waals surface area contributed by atoms with Gasteiger partial charge in [-0.15, -0.1) is 0 Å². The molecule has 0 radical (unpaired) electrons. The smallest absolute Gasteiger partial charge is 0.223 e. The number of aromatic nitrogens is 1. The molecule has 2 aliphatic heterocycles. The number of carbonyl (C=O) groups excluding carboxylic acids is 1. The summed E-state index contributed by atoms with van der Waals surface area (Å²) in [6, 6.07) is 1.99. The molecule has 0 bridgehead atoms. The molecule has 1 aromatic rings. The van der Waals surface area contributed by atoms with E-state index >= 15 is 0 Å². The van der Waals surface area contributed by atoms with Crippen LogP contribution in [0.25, 0.3) is 0 Å². The molecular formula is C17H25N3O3. The summed E-state index contributed by atoms with van der Waals surface area (Å²) in [4.78, 5) is 14.0. The van der Waals surface area contributed by atoms with Crippen molar-refractivity contribution >= 4 is 5.91 Å². The van der Waals surface area contributed by atoms with E-state index in [-0.39, 0.29) is 11.5 Å². The normalized spacial score (nSPS) is 26.9. The van der Waals surface area contributed by atoms with Crippen LogP contribution in [0.4, 0.5) is 0 Å². The average Bonchev–Trinajstić information content (AvgIpc) is 3.28. The second-order valence-electron chi connectivity index (χ2n) is 7.49.